The molecule has 6 heteroatoms. The van der Waals surface area contributed by atoms with Gasteiger partial charge in [-0.1, -0.05) is 57.2 Å². The van der Waals surface area contributed by atoms with E-state index >= 15 is 0 Å². The van der Waals surface area contributed by atoms with Gasteiger partial charge in [0.15, 0.2) is 0 Å². The van der Waals surface area contributed by atoms with Crippen molar-refractivity contribution >= 4 is 23.2 Å². The number of unbranched alkanes of at least 4 members (excludes halogenated alkanes) is 2. The van der Waals surface area contributed by atoms with E-state index in [0.29, 0.717) is 11.6 Å². The van der Waals surface area contributed by atoms with Crippen LogP contribution in [-0.2, 0) is 4.74 Å². The zero-order chi connectivity index (χ0) is 21.3. The van der Waals surface area contributed by atoms with E-state index in [0.717, 1.165) is 51.5 Å². The minimum atomic E-state index is -0.597. The fraction of sp³-hybridized carbons (Fsp3) is 0.696. The van der Waals surface area contributed by atoms with Gasteiger partial charge >= 0.3 is 0 Å². The largest absolute Gasteiger partial charge is 0.357 e. The molecule has 2 rings (SSSR count). The highest BCUT2D eigenvalue weighted by molar-refractivity contribution is 6.33. The number of allylic oxidation sites excluding steroid dienone is 3. The van der Waals surface area contributed by atoms with E-state index in [9.17, 15) is 0 Å². The molecule has 3 atom stereocenters. The van der Waals surface area contributed by atoms with Gasteiger partial charge < -0.3 is 14.2 Å². The second-order valence-electron chi connectivity index (χ2n) is 8.36. The van der Waals surface area contributed by atoms with Crippen LogP contribution in [0, 0.1) is 5.41 Å². The highest BCUT2D eigenvalue weighted by Gasteiger charge is 2.54. The first-order valence-corrected chi connectivity index (χ1v) is 11.6. The van der Waals surface area contributed by atoms with Crippen molar-refractivity contribution in [3.8, 4) is 0 Å². The van der Waals surface area contributed by atoms with E-state index in [1.807, 2.05) is 18.6 Å². The molecule has 4 nitrogen and oxygen atoms in total. The molecule has 0 radical (unpaired) electrons. The highest BCUT2D eigenvalue weighted by Crippen LogP contribution is 2.56. The third-order valence-corrected chi connectivity index (χ3v) is 6.67. The van der Waals surface area contributed by atoms with Crippen LogP contribution in [0.5, 0.6) is 0 Å². The molecule has 1 aromatic rings. The standard InChI is InChI=1S/C23H37Cl2N3O/c1-5-7-11-22(13-10-20(24)18-23(22,25)12-8-6-2)21(28-16-14-26-19-28)29-17-9-15-27(3)4/h10,13-14,16,18-19,21H,5-9,11-12,15,17H2,1-4H3. The first-order chi connectivity index (χ1) is 13.9. The first kappa shape index (κ1) is 24.5. The molecule has 0 amide bonds. The van der Waals surface area contributed by atoms with E-state index in [2.05, 4.69) is 54.5 Å². The summed E-state index contributed by atoms with van der Waals surface area (Å²) >= 11 is 13.9. The number of aromatic nitrogens is 2. The van der Waals surface area contributed by atoms with Gasteiger partial charge in [-0.15, -0.1) is 11.6 Å². The van der Waals surface area contributed by atoms with Crippen molar-refractivity contribution in [2.75, 3.05) is 27.2 Å². The SMILES string of the molecule is CCCCC1(Cl)C=C(Cl)C=CC1(CCCC)C(OCCCN(C)C)n1ccnc1. The van der Waals surface area contributed by atoms with Crippen molar-refractivity contribution in [1.29, 1.82) is 0 Å². The van der Waals surface area contributed by atoms with Gasteiger partial charge in [-0.05, 0) is 52.1 Å². The highest BCUT2D eigenvalue weighted by atomic mass is 35.5. The summed E-state index contributed by atoms with van der Waals surface area (Å²) in [6.07, 6.45) is 18.7. The van der Waals surface area contributed by atoms with Crippen molar-refractivity contribution in [1.82, 2.24) is 14.5 Å². The third-order valence-electron chi connectivity index (χ3n) is 5.78. The molecule has 0 N–H and O–H groups in total. The lowest BCUT2D eigenvalue weighted by molar-refractivity contribution is -0.0891. The molecule has 0 aromatic carbocycles. The van der Waals surface area contributed by atoms with Gasteiger partial charge in [-0.2, -0.15) is 0 Å². The smallest absolute Gasteiger partial charge is 0.145 e. The number of hydrogen-bond donors (Lipinski definition) is 0. The molecular formula is C23H37Cl2N3O. The molecule has 1 aliphatic carbocycles. The zero-order valence-electron chi connectivity index (χ0n) is 18.4. The third kappa shape index (κ3) is 6.10. The van der Waals surface area contributed by atoms with Crippen LogP contribution in [-0.4, -0.2) is 46.6 Å². The van der Waals surface area contributed by atoms with Gasteiger partial charge in [0.2, 0.25) is 0 Å². The van der Waals surface area contributed by atoms with Crippen LogP contribution in [0.3, 0.4) is 0 Å². The molecule has 0 bridgehead atoms. The Bertz CT molecular complexity index is 659. The Labute approximate surface area is 186 Å². The van der Waals surface area contributed by atoms with Crippen molar-refractivity contribution in [3.63, 3.8) is 0 Å². The fourth-order valence-corrected chi connectivity index (χ4v) is 4.97. The van der Waals surface area contributed by atoms with Gasteiger partial charge in [-0.3, -0.25) is 0 Å². The molecular weight excluding hydrogens is 405 g/mol. The summed E-state index contributed by atoms with van der Waals surface area (Å²) in [5, 5.41) is 0.709. The maximum absolute atomic E-state index is 7.45. The lowest BCUT2D eigenvalue weighted by atomic mass is 9.65. The molecule has 164 valence electrons. The molecule has 1 aliphatic rings. The van der Waals surface area contributed by atoms with Crippen LogP contribution in [0.4, 0.5) is 0 Å². The predicted molar refractivity (Wildman–Crippen MR) is 124 cm³/mol. The molecule has 0 aliphatic heterocycles. The lowest BCUT2D eigenvalue weighted by Gasteiger charge is -2.50. The minimum Gasteiger partial charge on any atom is -0.357 e. The molecule has 3 unspecified atom stereocenters. The topological polar surface area (TPSA) is 30.3 Å². The number of imidazole rings is 1. The normalized spacial score (nSPS) is 25.4. The average Bonchev–Trinajstić information content (AvgIpc) is 3.21. The average molecular weight is 442 g/mol. The summed E-state index contributed by atoms with van der Waals surface area (Å²) < 4.78 is 8.65. The van der Waals surface area contributed by atoms with Crippen LogP contribution in [0.1, 0.15) is 65.0 Å². The maximum Gasteiger partial charge on any atom is 0.145 e. The molecule has 1 aromatic heterocycles. The molecule has 29 heavy (non-hydrogen) atoms. The summed E-state index contributed by atoms with van der Waals surface area (Å²) in [6.45, 7) is 6.07. The first-order valence-electron chi connectivity index (χ1n) is 10.9. The number of ether oxygens (including phenoxy) is 1. The van der Waals surface area contributed by atoms with Crippen molar-refractivity contribution in [2.45, 2.75) is 69.9 Å². The van der Waals surface area contributed by atoms with E-state index in [1.165, 1.54) is 0 Å². The van der Waals surface area contributed by atoms with Crippen molar-refractivity contribution in [3.05, 3.63) is 42.0 Å². The van der Waals surface area contributed by atoms with Gasteiger partial charge in [0, 0.05) is 17.4 Å². The van der Waals surface area contributed by atoms with Crippen LogP contribution in [0.15, 0.2) is 42.0 Å². The number of rotatable bonds is 13. The van der Waals surface area contributed by atoms with Gasteiger partial charge in [0.1, 0.15) is 6.23 Å². The van der Waals surface area contributed by atoms with Crippen LogP contribution in [0.25, 0.3) is 0 Å². The predicted octanol–water partition coefficient (Wildman–Crippen LogP) is 6.39. The maximum atomic E-state index is 7.45. The van der Waals surface area contributed by atoms with E-state index in [4.69, 9.17) is 27.9 Å². The van der Waals surface area contributed by atoms with E-state index < -0.39 is 10.3 Å². The Balaban J connectivity index is 2.43. The summed E-state index contributed by atoms with van der Waals surface area (Å²) in [7, 11) is 4.17. The number of alkyl halides is 1. The molecule has 0 fully saturated rings. The number of hydrogen-bond acceptors (Lipinski definition) is 3. The Morgan fingerprint density at radius 3 is 2.52 bits per heavy atom. The number of halogens is 2. The van der Waals surface area contributed by atoms with E-state index in [-0.39, 0.29) is 6.23 Å². The summed E-state index contributed by atoms with van der Waals surface area (Å²) in [5.41, 5.74) is -0.392. The summed E-state index contributed by atoms with van der Waals surface area (Å²) in [4.78, 5) is 5.88. The second-order valence-corrected chi connectivity index (χ2v) is 9.47. The van der Waals surface area contributed by atoms with Crippen LogP contribution >= 0.6 is 23.2 Å². The Morgan fingerprint density at radius 2 is 1.90 bits per heavy atom. The number of nitrogens with zero attached hydrogens (tertiary/aromatic N) is 3. The second kappa shape index (κ2) is 11.5. The molecule has 0 saturated heterocycles. The molecule has 0 spiro atoms. The van der Waals surface area contributed by atoms with Gasteiger partial charge in [-0.25, -0.2) is 4.98 Å². The van der Waals surface area contributed by atoms with Crippen LogP contribution < -0.4 is 0 Å². The van der Waals surface area contributed by atoms with Gasteiger partial charge in [0.25, 0.3) is 0 Å². The summed E-state index contributed by atoms with van der Waals surface area (Å²) in [5.74, 6) is 0. The zero-order valence-corrected chi connectivity index (χ0v) is 19.9. The lowest BCUT2D eigenvalue weighted by Crippen LogP contribution is -2.49. The minimum absolute atomic E-state index is 0.231. The monoisotopic (exact) mass is 441 g/mol. The Morgan fingerprint density at radius 1 is 1.17 bits per heavy atom. The quantitative estimate of drug-likeness (QED) is 0.262. The van der Waals surface area contributed by atoms with Crippen molar-refractivity contribution in [2.24, 2.45) is 5.41 Å². The Kier molecular flexibility index (Phi) is 9.74. The Hall–Kier alpha value is -0.810. The summed E-state index contributed by atoms with van der Waals surface area (Å²) in [6, 6.07) is 0. The van der Waals surface area contributed by atoms with Crippen LogP contribution in [0.2, 0.25) is 0 Å². The van der Waals surface area contributed by atoms with Gasteiger partial charge in [0.05, 0.1) is 23.2 Å². The van der Waals surface area contributed by atoms with E-state index in [1.54, 1.807) is 6.20 Å². The fourth-order valence-electron chi connectivity index (χ4n) is 4.16. The van der Waals surface area contributed by atoms with Crippen molar-refractivity contribution < 1.29 is 4.74 Å². The molecule has 0 saturated carbocycles. The molecule has 1 heterocycles.